The summed E-state index contributed by atoms with van der Waals surface area (Å²) < 4.78 is 4.75. The van der Waals surface area contributed by atoms with Crippen molar-refractivity contribution in [3.63, 3.8) is 0 Å². The zero-order valence-corrected chi connectivity index (χ0v) is 13.2. The number of carbonyl (C=O) groups is 1. The Labute approximate surface area is 124 Å². The zero-order chi connectivity index (χ0) is 14.8. The van der Waals surface area contributed by atoms with E-state index < -0.39 is 0 Å². The van der Waals surface area contributed by atoms with Crippen LogP contribution in [0.5, 0.6) is 0 Å². The van der Waals surface area contributed by atoms with Gasteiger partial charge in [0.15, 0.2) is 0 Å². The largest absolute Gasteiger partial charge is 0.465 e. The number of methoxy groups -OCH3 is 1. The molecule has 20 heavy (non-hydrogen) atoms. The van der Waals surface area contributed by atoms with Crippen LogP contribution in [0.3, 0.4) is 0 Å². The second kappa shape index (κ2) is 6.24. The molecule has 2 N–H and O–H groups in total. The summed E-state index contributed by atoms with van der Waals surface area (Å²) in [6.07, 6.45) is 3.33. The molecule has 5 heteroatoms. The molecule has 4 nitrogen and oxygen atoms in total. The summed E-state index contributed by atoms with van der Waals surface area (Å²) in [5.74, 6) is -0.273. The van der Waals surface area contributed by atoms with E-state index in [0.717, 1.165) is 36.2 Å². The predicted molar refractivity (Wildman–Crippen MR) is 80.1 cm³/mol. The van der Waals surface area contributed by atoms with E-state index in [9.17, 15) is 9.90 Å². The second-order valence-corrected chi connectivity index (χ2v) is 7.08. The monoisotopic (exact) mass is 297 g/mol. The minimum absolute atomic E-state index is 0.0187. The number of esters is 1. The van der Waals surface area contributed by atoms with E-state index in [1.54, 1.807) is 0 Å². The third kappa shape index (κ3) is 3.05. The molecular weight excluding hydrogens is 274 g/mol. The Morgan fingerprint density at radius 2 is 2.40 bits per heavy atom. The first-order valence-electron chi connectivity index (χ1n) is 7.02. The second-order valence-electron chi connectivity index (χ2n) is 5.82. The third-order valence-corrected chi connectivity index (χ3v) is 5.46. The summed E-state index contributed by atoms with van der Waals surface area (Å²) in [5, 5.41) is 13.1. The van der Waals surface area contributed by atoms with Gasteiger partial charge in [-0.2, -0.15) is 0 Å². The Kier molecular flexibility index (Phi) is 4.83. The SMILES string of the molecule is COC(=O)c1cc(CN[C@H]2CCC[C@@]2(C)CO)c(C)s1. The number of nitrogens with one attached hydrogen (secondary N) is 1. The van der Waals surface area contributed by atoms with Gasteiger partial charge in [-0.15, -0.1) is 11.3 Å². The van der Waals surface area contributed by atoms with Crippen LogP contribution < -0.4 is 5.32 Å². The highest BCUT2D eigenvalue weighted by atomic mass is 32.1. The number of hydrogen-bond donors (Lipinski definition) is 2. The fraction of sp³-hybridized carbons (Fsp3) is 0.667. The zero-order valence-electron chi connectivity index (χ0n) is 12.4. The number of thiophene rings is 1. The average molecular weight is 297 g/mol. The summed E-state index contributed by atoms with van der Waals surface area (Å²) in [6, 6.07) is 2.25. The maximum atomic E-state index is 11.5. The third-order valence-electron chi connectivity index (χ3n) is 4.39. The molecule has 1 fully saturated rings. The molecule has 1 heterocycles. The van der Waals surface area contributed by atoms with Crippen LogP contribution >= 0.6 is 11.3 Å². The van der Waals surface area contributed by atoms with Gasteiger partial charge in [0, 0.05) is 29.5 Å². The normalized spacial score (nSPS) is 25.9. The van der Waals surface area contributed by atoms with Crippen LogP contribution in [0.2, 0.25) is 0 Å². The Morgan fingerprint density at radius 3 is 3.05 bits per heavy atom. The molecule has 0 radical (unpaired) electrons. The van der Waals surface area contributed by atoms with Gasteiger partial charge >= 0.3 is 5.97 Å². The maximum Gasteiger partial charge on any atom is 0.348 e. The average Bonchev–Trinajstić information content (AvgIpc) is 3.00. The van der Waals surface area contributed by atoms with E-state index >= 15 is 0 Å². The van der Waals surface area contributed by atoms with E-state index in [-0.39, 0.29) is 18.0 Å². The lowest BCUT2D eigenvalue weighted by molar-refractivity contribution is 0.0606. The van der Waals surface area contributed by atoms with Gasteiger partial charge in [0.2, 0.25) is 0 Å². The van der Waals surface area contributed by atoms with Gasteiger partial charge in [-0.1, -0.05) is 13.3 Å². The fourth-order valence-corrected chi connectivity index (χ4v) is 3.86. The predicted octanol–water partition coefficient (Wildman–Crippen LogP) is 2.48. The van der Waals surface area contributed by atoms with Crippen LogP contribution in [0.15, 0.2) is 6.07 Å². The van der Waals surface area contributed by atoms with Gasteiger partial charge in [0.1, 0.15) is 4.88 Å². The highest BCUT2D eigenvalue weighted by Crippen LogP contribution is 2.37. The van der Waals surface area contributed by atoms with Gasteiger partial charge in [-0.25, -0.2) is 4.79 Å². The summed E-state index contributed by atoms with van der Waals surface area (Å²) in [6.45, 7) is 5.12. The summed E-state index contributed by atoms with van der Waals surface area (Å²) in [7, 11) is 1.40. The minimum Gasteiger partial charge on any atom is -0.465 e. The smallest absolute Gasteiger partial charge is 0.348 e. The van der Waals surface area contributed by atoms with E-state index in [2.05, 4.69) is 12.2 Å². The molecule has 2 atom stereocenters. The molecule has 1 aromatic heterocycles. The number of carbonyl (C=O) groups excluding carboxylic acids is 1. The molecule has 0 saturated heterocycles. The molecule has 2 rings (SSSR count). The number of aryl methyl sites for hydroxylation is 1. The summed E-state index contributed by atoms with van der Waals surface area (Å²) in [5.41, 5.74) is 1.12. The minimum atomic E-state index is -0.273. The van der Waals surface area contributed by atoms with Crippen LogP contribution in [0.4, 0.5) is 0 Å². The first-order chi connectivity index (χ1) is 9.50. The Morgan fingerprint density at radius 1 is 1.65 bits per heavy atom. The van der Waals surface area contributed by atoms with Crippen LogP contribution in [-0.2, 0) is 11.3 Å². The Balaban J connectivity index is 2.01. The molecular formula is C15H23NO3S. The van der Waals surface area contributed by atoms with Crippen LogP contribution in [0.1, 0.15) is 46.3 Å². The lowest BCUT2D eigenvalue weighted by atomic mass is 9.86. The van der Waals surface area contributed by atoms with Gasteiger partial charge in [0.25, 0.3) is 0 Å². The van der Waals surface area contributed by atoms with Gasteiger partial charge in [0.05, 0.1) is 7.11 Å². The van der Waals surface area contributed by atoms with Gasteiger partial charge in [-0.3, -0.25) is 0 Å². The van der Waals surface area contributed by atoms with Crippen molar-refractivity contribution in [2.45, 2.75) is 45.7 Å². The first kappa shape index (κ1) is 15.5. The van der Waals surface area contributed by atoms with E-state index in [0.29, 0.717) is 10.9 Å². The van der Waals surface area contributed by atoms with E-state index in [1.807, 2.05) is 13.0 Å². The summed E-state index contributed by atoms with van der Waals surface area (Å²) in [4.78, 5) is 13.3. The molecule has 1 saturated carbocycles. The Hall–Kier alpha value is -0.910. The van der Waals surface area contributed by atoms with Crippen molar-refractivity contribution < 1.29 is 14.6 Å². The molecule has 1 aliphatic carbocycles. The number of aliphatic hydroxyl groups excluding tert-OH is 1. The topological polar surface area (TPSA) is 58.6 Å². The van der Waals surface area contributed by atoms with Crippen LogP contribution in [0.25, 0.3) is 0 Å². The lowest BCUT2D eigenvalue weighted by Crippen LogP contribution is -2.41. The fourth-order valence-electron chi connectivity index (χ4n) is 2.90. The molecule has 1 aliphatic rings. The highest BCUT2D eigenvalue weighted by molar-refractivity contribution is 7.14. The van der Waals surface area contributed by atoms with Crippen molar-refractivity contribution >= 4 is 17.3 Å². The molecule has 0 amide bonds. The maximum absolute atomic E-state index is 11.5. The molecule has 0 aliphatic heterocycles. The summed E-state index contributed by atoms with van der Waals surface area (Å²) >= 11 is 1.47. The van der Waals surface area contributed by atoms with Gasteiger partial charge in [-0.05, 0) is 31.4 Å². The van der Waals surface area contributed by atoms with Gasteiger partial charge < -0.3 is 15.2 Å². The lowest BCUT2D eigenvalue weighted by Gasteiger charge is -2.30. The van der Waals surface area contributed by atoms with E-state index in [1.165, 1.54) is 18.4 Å². The quantitative estimate of drug-likeness (QED) is 0.820. The molecule has 1 aromatic rings. The number of hydrogen-bond acceptors (Lipinski definition) is 5. The Bertz CT molecular complexity index is 485. The standard InChI is InChI=1S/C15H23NO3S/c1-10-11(7-12(20-10)14(18)19-3)8-16-13-5-4-6-15(13,2)9-17/h7,13,16-17H,4-6,8-9H2,1-3H3/t13-,15-/m0/s1. The number of aliphatic hydroxyl groups is 1. The van der Waals surface area contributed by atoms with Crippen molar-refractivity contribution in [3.8, 4) is 0 Å². The number of rotatable bonds is 5. The van der Waals surface area contributed by atoms with E-state index in [4.69, 9.17) is 4.74 Å². The molecule has 0 spiro atoms. The first-order valence-corrected chi connectivity index (χ1v) is 7.83. The number of ether oxygens (including phenoxy) is 1. The molecule has 0 bridgehead atoms. The van der Waals surface area contributed by atoms with Crippen molar-refractivity contribution in [2.24, 2.45) is 5.41 Å². The van der Waals surface area contributed by atoms with Crippen molar-refractivity contribution in [1.82, 2.24) is 5.32 Å². The van der Waals surface area contributed by atoms with Crippen molar-refractivity contribution in [3.05, 3.63) is 21.4 Å². The molecule has 0 aromatic carbocycles. The highest BCUT2D eigenvalue weighted by Gasteiger charge is 2.37. The molecule has 0 unspecified atom stereocenters. The van der Waals surface area contributed by atoms with Crippen LogP contribution in [-0.4, -0.2) is 30.8 Å². The molecule has 112 valence electrons. The van der Waals surface area contributed by atoms with Crippen molar-refractivity contribution in [1.29, 1.82) is 0 Å². The van der Waals surface area contributed by atoms with Crippen LogP contribution in [0, 0.1) is 12.3 Å². The van der Waals surface area contributed by atoms with Crippen molar-refractivity contribution in [2.75, 3.05) is 13.7 Å².